The molecule has 11 nitrogen and oxygen atoms in total. The number of hydrogen-bond donors (Lipinski definition) is 1. The van der Waals surface area contributed by atoms with Crippen molar-refractivity contribution in [2.24, 2.45) is 17.8 Å². The summed E-state index contributed by atoms with van der Waals surface area (Å²) in [6.07, 6.45) is 9.93. The lowest BCUT2D eigenvalue weighted by Gasteiger charge is -2.52. The fourth-order valence-corrected chi connectivity index (χ4v) is 12.0. The first-order valence-corrected chi connectivity index (χ1v) is 22.1. The Morgan fingerprint density at radius 2 is 1.87 bits per heavy atom. The van der Waals surface area contributed by atoms with Crippen molar-refractivity contribution in [3.05, 3.63) is 70.3 Å². The van der Waals surface area contributed by atoms with Gasteiger partial charge in [-0.3, -0.25) is 14.6 Å². The van der Waals surface area contributed by atoms with Gasteiger partial charge in [-0.15, -0.1) is 0 Å². The minimum atomic E-state index is -4.10. The molecule has 55 heavy (non-hydrogen) atoms. The average Bonchev–Trinajstić information content (AvgIpc) is 3.28. The smallest absolute Gasteiger partial charge is 0.264 e. The van der Waals surface area contributed by atoms with E-state index >= 15 is 0 Å². The van der Waals surface area contributed by atoms with Gasteiger partial charge in [0, 0.05) is 76.0 Å². The van der Waals surface area contributed by atoms with Crippen LogP contribution in [0.1, 0.15) is 60.5 Å². The minimum Gasteiger partial charge on any atom is -0.490 e. The van der Waals surface area contributed by atoms with Gasteiger partial charge in [-0.05, 0) is 97.7 Å². The van der Waals surface area contributed by atoms with Gasteiger partial charge in [-0.2, -0.15) is 0 Å². The number of benzene rings is 2. The molecule has 8 rings (SSSR count). The number of nitrogens with zero attached hydrogens (tertiary/aromatic N) is 3. The summed E-state index contributed by atoms with van der Waals surface area (Å²) in [5.74, 6) is 0.280. The van der Waals surface area contributed by atoms with Crippen LogP contribution in [0, 0.1) is 17.8 Å². The van der Waals surface area contributed by atoms with E-state index in [-0.39, 0.29) is 29.4 Å². The quantitative estimate of drug-likeness (QED) is 0.406. The summed E-state index contributed by atoms with van der Waals surface area (Å²) >= 11 is 6.52. The average molecular weight is 797 g/mol. The molecule has 2 aliphatic carbocycles. The first-order chi connectivity index (χ1) is 26.5. The van der Waals surface area contributed by atoms with Crippen LogP contribution in [0.4, 0.5) is 5.69 Å². The number of nitrogens with one attached hydrogen (secondary N) is 1. The second-order valence-electron chi connectivity index (χ2n) is 17.0. The summed E-state index contributed by atoms with van der Waals surface area (Å²) in [5.41, 5.74) is 2.79. The highest BCUT2D eigenvalue weighted by Gasteiger charge is 2.50. The molecule has 2 saturated heterocycles. The van der Waals surface area contributed by atoms with E-state index in [9.17, 15) is 13.2 Å². The van der Waals surface area contributed by atoms with Gasteiger partial charge < -0.3 is 23.8 Å². The number of piperazine rings is 1. The zero-order chi connectivity index (χ0) is 38.4. The molecule has 4 aliphatic heterocycles. The normalized spacial score (nSPS) is 33.6. The molecule has 1 amide bonds. The van der Waals surface area contributed by atoms with E-state index in [4.69, 9.17) is 30.5 Å². The van der Waals surface area contributed by atoms with E-state index in [1.807, 2.05) is 32.2 Å². The van der Waals surface area contributed by atoms with Crippen LogP contribution in [-0.2, 0) is 36.1 Å². The predicted molar refractivity (Wildman–Crippen MR) is 214 cm³/mol. The molecule has 13 heteroatoms. The summed E-state index contributed by atoms with van der Waals surface area (Å²) in [4.78, 5) is 21.3. The van der Waals surface area contributed by atoms with Gasteiger partial charge >= 0.3 is 0 Å². The predicted octanol–water partition coefficient (Wildman–Crippen LogP) is 4.91. The van der Waals surface area contributed by atoms with Crippen molar-refractivity contribution < 1.29 is 32.2 Å². The fourth-order valence-electron chi connectivity index (χ4n) is 10.2. The maximum absolute atomic E-state index is 13.9. The number of allylic oxidation sites excluding steroid dienone is 1. The summed E-state index contributed by atoms with van der Waals surface area (Å²) in [6.45, 7) is 10.2. The van der Waals surface area contributed by atoms with Gasteiger partial charge in [-0.1, -0.05) is 36.7 Å². The monoisotopic (exact) mass is 796 g/mol. The molecule has 4 heterocycles. The number of ether oxygens (including phenoxy) is 4. The molecule has 2 aromatic rings. The third-order valence-electron chi connectivity index (χ3n) is 13.7. The second-order valence-corrected chi connectivity index (χ2v) is 19.3. The van der Waals surface area contributed by atoms with Crippen molar-refractivity contribution in [3.8, 4) is 5.75 Å². The lowest BCUT2D eigenvalue weighted by atomic mass is 9.63. The lowest BCUT2D eigenvalue weighted by Crippen LogP contribution is -2.61. The van der Waals surface area contributed by atoms with Gasteiger partial charge in [0.15, 0.2) is 0 Å². The van der Waals surface area contributed by atoms with Crippen LogP contribution in [0.3, 0.4) is 0 Å². The number of aryl methyl sites for hydroxylation is 1. The number of halogens is 1. The molecule has 300 valence electrons. The Morgan fingerprint density at radius 3 is 2.58 bits per heavy atom. The second kappa shape index (κ2) is 15.9. The Balaban J connectivity index is 1.18. The van der Waals surface area contributed by atoms with Gasteiger partial charge in [0.1, 0.15) is 16.6 Å². The van der Waals surface area contributed by atoms with Crippen molar-refractivity contribution in [2.45, 2.75) is 67.8 Å². The summed E-state index contributed by atoms with van der Waals surface area (Å²) in [5, 5.41) is -0.192. The van der Waals surface area contributed by atoms with E-state index in [0.717, 1.165) is 95.3 Å². The Labute approximate surface area is 331 Å². The number of fused-ring (bicyclic) bond motifs is 4. The lowest BCUT2D eigenvalue weighted by molar-refractivity contribution is -0.107. The number of carbonyl (C=O) groups excluding carboxylic acids is 1. The number of rotatable bonds is 6. The van der Waals surface area contributed by atoms with Crippen LogP contribution < -0.4 is 14.4 Å². The summed E-state index contributed by atoms with van der Waals surface area (Å²) in [7, 11) is -0.762. The largest absolute Gasteiger partial charge is 0.490 e. The van der Waals surface area contributed by atoms with Crippen molar-refractivity contribution in [1.82, 2.24) is 14.5 Å². The Kier molecular flexibility index (Phi) is 11.3. The highest BCUT2D eigenvalue weighted by Crippen LogP contribution is 2.49. The molecule has 0 unspecified atom stereocenters. The van der Waals surface area contributed by atoms with Crippen LogP contribution in [0.5, 0.6) is 5.75 Å². The van der Waals surface area contributed by atoms with Gasteiger partial charge in [-0.25, -0.2) is 13.1 Å². The van der Waals surface area contributed by atoms with Crippen molar-refractivity contribution in [1.29, 1.82) is 0 Å². The Hall–Kier alpha value is -2.71. The van der Waals surface area contributed by atoms with Crippen LogP contribution in [0.2, 0.25) is 5.02 Å². The number of anilines is 1. The molecule has 3 fully saturated rings. The molecular weight excluding hydrogens is 740 g/mol. The number of carbonyl (C=O) groups is 1. The van der Waals surface area contributed by atoms with Gasteiger partial charge in [0.05, 0.1) is 38.2 Å². The standard InChI is InChI=1S/C42H57ClN4O7S/c1-29-6-4-15-42(52-3,27-45-16-18-46(19-17-45)34-23-53-24-34)36-11-8-32(36)22-47-26-41(14-5-7-30-20-33(43)10-12-35(30)41)28-54-38-13-9-31(21-37(38)47)40(48)44-55(49,50)39(29)25-51-2/h4,9-10,12-13,15,20-21,29,32,34,36,39H,5-8,11,14,16-19,22-28H2,1-3H3,(H,44,48)/b15-4+/t29-,32-,36+,39+,41-,42-/m0/s1. The molecule has 6 aliphatic rings. The molecule has 0 radical (unpaired) electrons. The van der Waals surface area contributed by atoms with E-state index < -0.39 is 26.8 Å². The van der Waals surface area contributed by atoms with E-state index in [1.165, 1.54) is 18.2 Å². The third kappa shape index (κ3) is 7.69. The zero-order valence-electron chi connectivity index (χ0n) is 32.5. The van der Waals surface area contributed by atoms with Crippen molar-refractivity contribution in [3.63, 3.8) is 0 Å². The van der Waals surface area contributed by atoms with E-state index in [0.29, 0.717) is 37.3 Å². The molecule has 1 N–H and O–H groups in total. The van der Waals surface area contributed by atoms with E-state index in [1.54, 1.807) is 6.07 Å². The van der Waals surface area contributed by atoms with Gasteiger partial charge in [0.25, 0.3) is 5.91 Å². The first kappa shape index (κ1) is 39.1. The fraction of sp³-hybridized carbons (Fsp3) is 0.643. The molecule has 1 spiro atoms. The van der Waals surface area contributed by atoms with E-state index in [2.05, 4.69) is 43.7 Å². The molecule has 2 bridgehead atoms. The number of hydrogen-bond acceptors (Lipinski definition) is 10. The SMILES string of the molecule is COC[C@@H]1[C@@H](C)C/C=C/[C@@](CN2CCN(C3COC3)CC2)(OC)[C@@H]2CC[C@H]2CN2C[C@@]3(CCCc4cc(Cl)ccc43)COc3ccc(cc32)C(=O)NS1(=O)=O. The van der Waals surface area contributed by atoms with Crippen LogP contribution in [0.25, 0.3) is 0 Å². The zero-order valence-corrected chi connectivity index (χ0v) is 34.1. The molecule has 2 aromatic carbocycles. The topological polar surface area (TPSA) is 110 Å². The number of amides is 1. The molecular formula is C42H57ClN4O7S. The highest BCUT2D eigenvalue weighted by atomic mass is 35.5. The molecule has 0 aromatic heterocycles. The van der Waals surface area contributed by atoms with Crippen LogP contribution in [-0.4, -0.2) is 127 Å². The van der Waals surface area contributed by atoms with Crippen LogP contribution >= 0.6 is 11.6 Å². The molecule has 6 atom stereocenters. The van der Waals surface area contributed by atoms with Crippen molar-refractivity contribution in [2.75, 3.05) is 91.4 Å². The summed E-state index contributed by atoms with van der Waals surface area (Å²) < 4.78 is 54.6. The van der Waals surface area contributed by atoms with Gasteiger partial charge in [0.2, 0.25) is 10.0 Å². The maximum Gasteiger partial charge on any atom is 0.264 e. The maximum atomic E-state index is 13.9. The minimum absolute atomic E-state index is 0.0331. The van der Waals surface area contributed by atoms with Crippen LogP contribution in [0.15, 0.2) is 48.6 Å². The summed E-state index contributed by atoms with van der Waals surface area (Å²) in [6, 6.07) is 12.1. The Morgan fingerprint density at radius 1 is 1.05 bits per heavy atom. The molecule has 1 saturated carbocycles. The highest BCUT2D eigenvalue weighted by molar-refractivity contribution is 7.90. The third-order valence-corrected chi connectivity index (χ3v) is 15.8. The van der Waals surface area contributed by atoms with Crippen molar-refractivity contribution >= 4 is 33.2 Å². The first-order valence-electron chi connectivity index (χ1n) is 20.2. The number of sulfonamides is 1. The Bertz CT molecular complexity index is 1870. The number of methoxy groups -OCH3 is 2.